The van der Waals surface area contributed by atoms with E-state index in [1.54, 1.807) is 311 Å². The third-order valence-electron chi connectivity index (χ3n) is 19.4. The summed E-state index contributed by atoms with van der Waals surface area (Å²) in [5.74, 6) is 4.99. The van der Waals surface area contributed by atoms with E-state index >= 15 is 0 Å². The molecule has 6 amide bonds. The summed E-state index contributed by atoms with van der Waals surface area (Å²) >= 11 is 0. The molecular weight excluding hydrogens is 1850 g/mol. The van der Waals surface area contributed by atoms with Gasteiger partial charge in [0.25, 0.3) is 35.4 Å². The maximum Gasteiger partial charge on any atom is 0.417 e. The number of rotatable bonds is 25. The second-order valence-corrected chi connectivity index (χ2v) is 30.5. The van der Waals surface area contributed by atoms with Crippen molar-refractivity contribution >= 4 is 80.9 Å². The number of aromatic nitrogens is 11. The number of carbonyl (C=O) groups is 6. The molecule has 0 unspecified atom stereocenters. The van der Waals surface area contributed by atoms with Gasteiger partial charge in [0.05, 0.1) is 55.5 Å². The molecule has 0 bridgehead atoms. The summed E-state index contributed by atoms with van der Waals surface area (Å²) in [7, 11) is 3.14. The van der Waals surface area contributed by atoms with E-state index in [1.165, 1.54) is 13.3 Å². The van der Waals surface area contributed by atoms with Crippen LogP contribution in [0.5, 0.6) is 63.4 Å². The van der Waals surface area contributed by atoms with Gasteiger partial charge in [-0.15, -0.1) is 0 Å². The van der Waals surface area contributed by atoms with Crippen LogP contribution in [-0.4, -0.2) is 104 Å². The van der Waals surface area contributed by atoms with E-state index in [1.807, 2.05) is 119 Å². The van der Waals surface area contributed by atoms with Crippen molar-refractivity contribution in [3.8, 4) is 63.4 Å². The number of amides is 6. The number of anilines is 8. The largest absolute Gasteiger partial charge is 0.481 e. The third kappa shape index (κ3) is 34.5. The van der Waals surface area contributed by atoms with E-state index in [9.17, 15) is 41.9 Å². The Hall–Kier alpha value is -19.6. The lowest BCUT2D eigenvalue weighted by molar-refractivity contribution is -0.137. The van der Waals surface area contributed by atoms with E-state index in [2.05, 4.69) is 86.7 Å². The Bertz CT molecular complexity index is 6960. The van der Waals surface area contributed by atoms with Crippen LogP contribution in [0.25, 0.3) is 0 Å². The standard InChI is InChI=1S/C21H18F3N3O.C18H15N3O3.3C18H15N3O2.C17H13N3O2.2CH4/c1-14-5-3-6-15(9-14)20(28)26-17-7-4-8-18(11-17)27(2)19-10-16(12-25-13-19)21(22,23)24;1-23-17-9-3-8-16(21-17)18(22)20-13-5-2-6-14(11-13)24-15-7-4-10-19-12-15;3*1-13-5-2-9-17(20-13)18(22)21-14-6-3-7-15(11-14)23-16-8-4-10-19-12-16;21-17(16-8-1-2-10-19-16)20-13-5-3-6-14(11-13)22-15-7-4-9-18-12-15;;/h3-13H,1-2H3,(H,26,28);2-12H,1H3,(H,20,22);3*2-12H,1H3,(H,21,22);1-12H,(H,20,21);2*1H4. The molecule has 0 spiro atoms. The Labute approximate surface area is 835 Å². The molecule has 0 atom stereocenters. The predicted octanol–water partition coefficient (Wildman–Crippen LogP) is 25.2. The molecular formula is C112H99F3N18O12. The monoisotopic (exact) mass is 1940 g/mol. The highest BCUT2D eigenvalue weighted by molar-refractivity contribution is 6.07. The molecule has 0 saturated carbocycles. The number of nitrogens with zero attached hydrogens (tertiary/aromatic N) is 12. The van der Waals surface area contributed by atoms with E-state index in [-0.39, 0.29) is 61.7 Å². The normalized spacial score (nSPS) is 10.2. The van der Waals surface area contributed by atoms with Crippen LogP contribution in [-0.2, 0) is 6.18 Å². The molecule has 0 radical (unpaired) electrons. The summed E-state index contributed by atoms with van der Waals surface area (Å²) < 4.78 is 72.3. The Morgan fingerprint density at radius 3 is 0.910 bits per heavy atom. The summed E-state index contributed by atoms with van der Waals surface area (Å²) in [5.41, 5.74) is 9.44. The number of nitrogens with one attached hydrogen (secondary N) is 6. The van der Waals surface area contributed by atoms with Crippen molar-refractivity contribution in [2.24, 2.45) is 0 Å². The first kappa shape index (κ1) is 106. The van der Waals surface area contributed by atoms with Crippen LogP contribution in [0.3, 0.4) is 0 Å². The van der Waals surface area contributed by atoms with Gasteiger partial charge in [-0.25, -0.2) is 19.9 Å². The van der Waals surface area contributed by atoms with Crippen LogP contribution in [0.4, 0.5) is 58.7 Å². The molecule has 0 aliphatic heterocycles. The second-order valence-electron chi connectivity index (χ2n) is 30.5. The molecule has 11 heterocycles. The van der Waals surface area contributed by atoms with Crippen molar-refractivity contribution < 1.29 is 70.4 Å². The average Bonchev–Trinajstić information content (AvgIpc) is 0.816. The zero-order chi connectivity index (χ0) is 101. The fraction of sp³-hybridized carbons (Fsp3) is 0.0804. The molecule has 730 valence electrons. The summed E-state index contributed by atoms with van der Waals surface area (Å²) in [6, 6.07) is 95.1. The van der Waals surface area contributed by atoms with Crippen molar-refractivity contribution in [3.05, 3.63) is 470 Å². The maximum absolute atomic E-state index is 12.9. The van der Waals surface area contributed by atoms with E-state index in [4.69, 9.17) is 28.4 Å². The van der Waals surface area contributed by atoms with Gasteiger partial charge in [-0.05, 0) is 240 Å². The molecule has 0 aliphatic rings. The maximum atomic E-state index is 12.9. The van der Waals surface area contributed by atoms with Gasteiger partial charge in [0.2, 0.25) is 5.88 Å². The fourth-order valence-corrected chi connectivity index (χ4v) is 12.7. The first-order valence-electron chi connectivity index (χ1n) is 43.8. The first-order valence-corrected chi connectivity index (χ1v) is 43.8. The Morgan fingerprint density at radius 2 is 0.586 bits per heavy atom. The molecule has 33 heteroatoms. The van der Waals surface area contributed by atoms with Crippen molar-refractivity contribution in [2.75, 3.05) is 51.0 Å². The Kier molecular flexibility index (Phi) is 39.4. The number of pyridine rings is 11. The van der Waals surface area contributed by atoms with Gasteiger partial charge < -0.3 is 65.2 Å². The Balaban J connectivity index is 0.000000165. The number of hydrogen-bond donors (Lipinski definition) is 6. The molecule has 30 nitrogen and oxygen atoms in total. The topological polar surface area (TPSA) is 375 Å². The van der Waals surface area contributed by atoms with E-state index < -0.39 is 11.7 Å². The lowest BCUT2D eigenvalue weighted by Crippen LogP contribution is -2.14. The smallest absolute Gasteiger partial charge is 0.417 e. The average molecular weight is 1950 g/mol. The minimum Gasteiger partial charge on any atom is -0.481 e. The highest BCUT2D eigenvalue weighted by Gasteiger charge is 2.32. The zero-order valence-corrected chi connectivity index (χ0v) is 77.6. The summed E-state index contributed by atoms with van der Waals surface area (Å²) in [4.78, 5) is 119. The third-order valence-corrected chi connectivity index (χ3v) is 19.4. The highest BCUT2D eigenvalue weighted by Crippen LogP contribution is 2.35. The number of hydrogen-bond acceptors (Lipinski definition) is 24. The Morgan fingerprint density at radius 1 is 0.276 bits per heavy atom. The molecule has 0 fully saturated rings. The van der Waals surface area contributed by atoms with Gasteiger partial charge in [0, 0.05) is 149 Å². The van der Waals surface area contributed by atoms with Crippen LogP contribution in [0.15, 0.2) is 408 Å². The summed E-state index contributed by atoms with van der Waals surface area (Å²) in [6.07, 6.45) is 15.8. The number of methoxy groups -OCH3 is 1. The van der Waals surface area contributed by atoms with Crippen molar-refractivity contribution in [1.29, 1.82) is 0 Å². The molecule has 18 rings (SSSR count). The van der Waals surface area contributed by atoms with E-state index in [0.29, 0.717) is 132 Å². The second kappa shape index (κ2) is 53.9. The number of halogens is 3. The SMILES string of the molecule is C.C.COc1cccc(C(=O)Nc2cccc(Oc3cccnc3)c2)n1.Cc1cccc(C(=O)Nc2cccc(N(C)c3cncc(C(F)(F)F)c3)c2)c1.Cc1cccc(C(=O)Nc2cccc(Oc3cccnc3)c2)n1.Cc1cccc(C(=O)Nc2cccc(Oc3cccnc3)c2)n1.Cc1cccc(C(=O)Nc2cccc(Oc3cccnc3)c2)n1.O=C(Nc1cccc(Oc2cccnc2)c1)c1ccccn1. The molecule has 11 aromatic heterocycles. The molecule has 7 aromatic carbocycles. The van der Waals surface area contributed by atoms with Crippen LogP contribution >= 0.6 is 0 Å². The minimum atomic E-state index is -4.46. The molecule has 18 aromatic rings. The van der Waals surface area contributed by atoms with Gasteiger partial charge in [-0.3, -0.25) is 63.7 Å². The van der Waals surface area contributed by atoms with Gasteiger partial charge in [0.15, 0.2) is 0 Å². The molecule has 0 saturated heterocycles. The van der Waals surface area contributed by atoms with Gasteiger partial charge in [-0.2, -0.15) is 13.2 Å². The number of ether oxygens (including phenoxy) is 6. The van der Waals surface area contributed by atoms with Crippen molar-refractivity contribution in [1.82, 2.24) is 54.8 Å². The number of aryl methyl sites for hydroxylation is 4. The van der Waals surface area contributed by atoms with Crippen LogP contribution < -0.4 is 65.2 Å². The van der Waals surface area contributed by atoms with Crippen LogP contribution in [0.2, 0.25) is 0 Å². The first-order chi connectivity index (χ1) is 69.4. The molecule has 6 N–H and O–H groups in total. The quantitative estimate of drug-likeness (QED) is 0.0309. The molecule has 0 aliphatic carbocycles. The van der Waals surface area contributed by atoms with Gasteiger partial charge in [0.1, 0.15) is 86.0 Å². The van der Waals surface area contributed by atoms with Gasteiger partial charge in [-0.1, -0.05) is 99.3 Å². The van der Waals surface area contributed by atoms with Crippen molar-refractivity contribution in [2.45, 2.75) is 48.7 Å². The van der Waals surface area contributed by atoms with Crippen LogP contribution in [0, 0.1) is 27.7 Å². The predicted molar refractivity (Wildman–Crippen MR) is 552 cm³/mol. The van der Waals surface area contributed by atoms with E-state index in [0.717, 1.165) is 34.9 Å². The number of carbonyl (C=O) groups excluding carboxylic acids is 6. The summed E-state index contributed by atoms with van der Waals surface area (Å²) in [6.45, 7) is 7.44. The lowest BCUT2D eigenvalue weighted by atomic mass is 10.1. The highest BCUT2D eigenvalue weighted by atomic mass is 19.4. The number of benzene rings is 7. The lowest BCUT2D eigenvalue weighted by Gasteiger charge is -2.21. The van der Waals surface area contributed by atoms with Gasteiger partial charge >= 0.3 is 6.18 Å². The minimum absolute atomic E-state index is 0. The number of alkyl halides is 3. The fourth-order valence-electron chi connectivity index (χ4n) is 12.7. The van der Waals surface area contributed by atoms with Crippen LogP contribution in [0.1, 0.15) is 106 Å². The molecule has 145 heavy (non-hydrogen) atoms. The summed E-state index contributed by atoms with van der Waals surface area (Å²) in [5, 5.41) is 16.8. The van der Waals surface area contributed by atoms with Crippen molar-refractivity contribution in [3.63, 3.8) is 0 Å². The zero-order valence-electron chi connectivity index (χ0n) is 77.6.